The van der Waals surface area contributed by atoms with Crippen molar-refractivity contribution in [2.75, 3.05) is 44.4 Å². The van der Waals surface area contributed by atoms with Crippen LogP contribution in [0.25, 0.3) is 0 Å². The number of benzene rings is 1. The van der Waals surface area contributed by atoms with Gasteiger partial charge in [-0.1, -0.05) is 26.0 Å². The predicted molar refractivity (Wildman–Crippen MR) is 105 cm³/mol. The zero-order valence-corrected chi connectivity index (χ0v) is 17.3. The molecule has 0 aromatic heterocycles. The molecular formula is C18H25N3O4S2. The molecule has 3 rings (SSSR count). The zero-order chi connectivity index (χ0) is 19.6. The van der Waals surface area contributed by atoms with Gasteiger partial charge in [-0.15, -0.1) is 11.8 Å². The Labute approximate surface area is 164 Å². The van der Waals surface area contributed by atoms with Gasteiger partial charge in [0.25, 0.3) is 0 Å². The van der Waals surface area contributed by atoms with E-state index in [1.807, 2.05) is 12.1 Å². The molecule has 0 bridgehead atoms. The van der Waals surface area contributed by atoms with Gasteiger partial charge in [0.15, 0.2) is 0 Å². The van der Waals surface area contributed by atoms with E-state index in [4.69, 9.17) is 0 Å². The van der Waals surface area contributed by atoms with E-state index in [0.29, 0.717) is 30.6 Å². The molecule has 2 aliphatic heterocycles. The van der Waals surface area contributed by atoms with Gasteiger partial charge in [-0.05, 0) is 23.6 Å². The number of amides is 2. The first kappa shape index (κ1) is 20.2. The van der Waals surface area contributed by atoms with Crippen molar-refractivity contribution in [3.05, 3.63) is 29.8 Å². The highest BCUT2D eigenvalue weighted by Gasteiger charge is 2.31. The first-order valence-electron chi connectivity index (χ1n) is 9.02. The molecule has 2 fully saturated rings. The van der Waals surface area contributed by atoms with Gasteiger partial charge in [0.2, 0.25) is 21.8 Å². The number of hydrogen-bond donors (Lipinski definition) is 0. The minimum atomic E-state index is -3.56. The second-order valence-electron chi connectivity index (χ2n) is 7.08. The Morgan fingerprint density at radius 2 is 1.74 bits per heavy atom. The third-order valence-corrected chi connectivity index (χ3v) is 7.79. The molecule has 0 saturated carbocycles. The van der Waals surface area contributed by atoms with Crippen LogP contribution in [0.4, 0.5) is 0 Å². The van der Waals surface area contributed by atoms with E-state index in [2.05, 4.69) is 13.8 Å². The van der Waals surface area contributed by atoms with Gasteiger partial charge in [-0.25, -0.2) is 8.42 Å². The van der Waals surface area contributed by atoms with E-state index in [9.17, 15) is 18.0 Å². The number of thioether (sulfide) groups is 1. The number of carbonyl (C=O) groups excluding carboxylic acids is 2. The first-order chi connectivity index (χ1) is 12.8. The van der Waals surface area contributed by atoms with E-state index < -0.39 is 10.0 Å². The molecule has 0 N–H and O–H groups in total. The number of hydrogen-bond acceptors (Lipinski definition) is 5. The highest BCUT2D eigenvalue weighted by Crippen LogP contribution is 2.21. The number of sulfonamides is 1. The molecule has 1 aromatic rings. The summed E-state index contributed by atoms with van der Waals surface area (Å²) in [5.41, 5.74) is 1.10. The number of nitrogens with zero attached hydrogens (tertiary/aromatic N) is 3. The van der Waals surface area contributed by atoms with Gasteiger partial charge in [0.05, 0.1) is 16.5 Å². The van der Waals surface area contributed by atoms with Crippen LogP contribution in [0.5, 0.6) is 0 Å². The number of piperazine rings is 1. The maximum absolute atomic E-state index is 12.8. The van der Waals surface area contributed by atoms with Crippen LogP contribution < -0.4 is 0 Å². The second-order valence-corrected chi connectivity index (χ2v) is 9.97. The van der Waals surface area contributed by atoms with Crippen molar-refractivity contribution in [3.8, 4) is 0 Å². The van der Waals surface area contributed by atoms with Gasteiger partial charge in [-0.3, -0.25) is 9.59 Å². The lowest BCUT2D eigenvalue weighted by Gasteiger charge is -2.34. The SMILES string of the molecule is CC(C)c1ccc(S(=O)(=O)N2CCN(C(=O)CN3CSCC3=O)CC2)cc1. The molecule has 0 unspecified atom stereocenters. The Bertz CT molecular complexity index is 800. The summed E-state index contributed by atoms with van der Waals surface area (Å²) in [7, 11) is -3.56. The lowest BCUT2D eigenvalue weighted by atomic mass is 10.0. The van der Waals surface area contributed by atoms with Crippen molar-refractivity contribution in [2.24, 2.45) is 0 Å². The maximum Gasteiger partial charge on any atom is 0.243 e. The van der Waals surface area contributed by atoms with Gasteiger partial charge in [0, 0.05) is 26.2 Å². The Morgan fingerprint density at radius 3 is 2.26 bits per heavy atom. The quantitative estimate of drug-likeness (QED) is 0.727. The van der Waals surface area contributed by atoms with Crippen LogP contribution in [0.2, 0.25) is 0 Å². The van der Waals surface area contributed by atoms with Gasteiger partial charge in [-0.2, -0.15) is 4.31 Å². The third-order valence-electron chi connectivity index (χ3n) is 4.93. The molecule has 7 nitrogen and oxygen atoms in total. The summed E-state index contributed by atoms with van der Waals surface area (Å²) < 4.78 is 27.1. The average molecular weight is 412 g/mol. The standard InChI is InChI=1S/C18H25N3O4S2/c1-14(2)15-3-5-16(6-4-15)27(24,25)21-9-7-19(8-10-21)17(22)11-20-13-26-12-18(20)23/h3-6,14H,7-13H2,1-2H3. The molecule has 148 valence electrons. The Hall–Kier alpha value is -1.58. The fraction of sp³-hybridized carbons (Fsp3) is 0.556. The minimum absolute atomic E-state index is 0.0144. The van der Waals surface area contributed by atoms with Crippen LogP contribution in [-0.4, -0.2) is 78.7 Å². The van der Waals surface area contributed by atoms with Crippen molar-refractivity contribution >= 4 is 33.6 Å². The molecule has 9 heteroatoms. The van der Waals surface area contributed by atoms with Gasteiger partial charge in [0.1, 0.15) is 6.54 Å². The van der Waals surface area contributed by atoms with Crippen molar-refractivity contribution in [1.82, 2.24) is 14.1 Å². The summed E-state index contributed by atoms with van der Waals surface area (Å²) in [6.07, 6.45) is 0. The summed E-state index contributed by atoms with van der Waals surface area (Å²) in [6, 6.07) is 7.00. The van der Waals surface area contributed by atoms with Gasteiger partial charge >= 0.3 is 0 Å². The average Bonchev–Trinajstić information content (AvgIpc) is 3.06. The first-order valence-corrected chi connectivity index (χ1v) is 11.6. The number of rotatable bonds is 5. The van der Waals surface area contributed by atoms with Crippen LogP contribution in [0.3, 0.4) is 0 Å². The molecule has 0 radical (unpaired) electrons. The predicted octanol–water partition coefficient (Wildman–Crippen LogP) is 1.18. The van der Waals surface area contributed by atoms with E-state index in [0.717, 1.165) is 5.56 Å². The fourth-order valence-corrected chi connectivity index (χ4v) is 5.48. The molecular weight excluding hydrogens is 386 g/mol. The van der Waals surface area contributed by atoms with Crippen molar-refractivity contribution in [1.29, 1.82) is 0 Å². The van der Waals surface area contributed by atoms with E-state index in [1.165, 1.54) is 16.1 Å². The molecule has 2 saturated heterocycles. The highest BCUT2D eigenvalue weighted by molar-refractivity contribution is 8.00. The minimum Gasteiger partial charge on any atom is -0.339 e. The fourth-order valence-electron chi connectivity index (χ4n) is 3.16. The van der Waals surface area contributed by atoms with Crippen molar-refractivity contribution < 1.29 is 18.0 Å². The molecule has 2 aliphatic rings. The van der Waals surface area contributed by atoms with Crippen LogP contribution in [0.1, 0.15) is 25.3 Å². The smallest absolute Gasteiger partial charge is 0.243 e. The summed E-state index contributed by atoms with van der Waals surface area (Å²) >= 11 is 1.50. The molecule has 2 amide bonds. The molecule has 0 atom stereocenters. The topological polar surface area (TPSA) is 78.0 Å². The molecule has 0 spiro atoms. The molecule has 1 aromatic carbocycles. The third kappa shape index (κ3) is 4.47. The second kappa shape index (κ2) is 8.20. The van der Waals surface area contributed by atoms with Crippen LogP contribution in [0.15, 0.2) is 29.2 Å². The lowest BCUT2D eigenvalue weighted by molar-refractivity contribution is -0.138. The zero-order valence-electron chi connectivity index (χ0n) is 15.6. The summed E-state index contributed by atoms with van der Waals surface area (Å²) in [4.78, 5) is 27.5. The number of carbonyl (C=O) groups is 2. The van der Waals surface area contributed by atoms with Crippen LogP contribution in [0, 0.1) is 0 Å². The summed E-state index contributed by atoms with van der Waals surface area (Å²) in [5, 5.41) is 0. The molecule has 2 heterocycles. The molecule has 0 aliphatic carbocycles. The monoisotopic (exact) mass is 411 g/mol. The van der Waals surface area contributed by atoms with Crippen LogP contribution in [-0.2, 0) is 19.6 Å². The van der Waals surface area contributed by atoms with E-state index >= 15 is 0 Å². The normalized spacial score (nSPS) is 19.1. The van der Waals surface area contributed by atoms with E-state index in [1.54, 1.807) is 21.9 Å². The largest absolute Gasteiger partial charge is 0.339 e. The molecule has 27 heavy (non-hydrogen) atoms. The van der Waals surface area contributed by atoms with E-state index in [-0.39, 0.29) is 36.3 Å². The van der Waals surface area contributed by atoms with Crippen LogP contribution >= 0.6 is 11.8 Å². The van der Waals surface area contributed by atoms with Gasteiger partial charge < -0.3 is 9.80 Å². The highest BCUT2D eigenvalue weighted by atomic mass is 32.2. The Kier molecular flexibility index (Phi) is 6.12. The van der Waals surface area contributed by atoms with Crippen molar-refractivity contribution in [2.45, 2.75) is 24.7 Å². The Balaban J connectivity index is 1.59. The summed E-state index contributed by atoms with van der Waals surface area (Å²) in [5.74, 6) is 1.18. The van der Waals surface area contributed by atoms with Crippen molar-refractivity contribution in [3.63, 3.8) is 0 Å². The lowest BCUT2D eigenvalue weighted by Crippen LogP contribution is -2.52. The summed E-state index contributed by atoms with van der Waals surface area (Å²) in [6.45, 7) is 5.43. The Morgan fingerprint density at radius 1 is 1.11 bits per heavy atom. The maximum atomic E-state index is 12.8.